The molecule has 0 fully saturated rings. The zero-order valence-electron chi connectivity index (χ0n) is 10.6. The van der Waals surface area contributed by atoms with Gasteiger partial charge in [-0.2, -0.15) is 0 Å². The van der Waals surface area contributed by atoms with Crippen LogP contribution in [0.5, 0.6) is 0 Å². The number of halogens is 1. The summed E-state index contributed by atoms with van der Waals surface area (Å²) in [6, 6.07) is 1.47. The van der Waals surface area contributed by atoms with E-state index in [0.717, 1.165) is 16.2 Å². The minimum atomic E-state index is -0.771. The summed E-state index contributed by atoms with van der Waals surface area (Å²) in [6.45, 7) is 1.80. The number of hydrogen-bond acceptors (Lipinski definition) is 6. The van der Waals surface area contributed by atoms with Gasteiger partial charge in [-0.15, -0.1) is 11.3 Å². The van der Waals surface area contributed by atoms with E-state index in [1.54, 1.807) is 6.92 Å². The molecule has 6 nitrogen and oxygen atoms in total. The molecule has 2 amide bonds. The van der Waals surface area contributed by atoms with Gasteiger partial charge in [0.25, 0.3) is 5.91 Å². The number of carbonyl (C=O) groups is 3. The fourth-order valence-electron chi connectivity index (χ4n) is 1.24. The van der Waals surface area contributed by atoms with E-state index in [1.165, 1.54) is 20.2 Å². The molecular formula is C11H12BrNO5S. The van der Waals surface area contributed by atoms with Crippen molar-refractivity contribution >= 4 is 45.2 Å². The van der Waals surface area contributed by atoms with Crippen LogP contribution in [0, 0.1) is 0 Å². The Morgan fingerprint density at radius 1 is 1.42 bits per heavy atom. The van der Waals surface area contributed by atoms with Crippen LogP contribution in [0.2, 0.25) is 0 Å². The first-order valence-electron chi connectivity index (χ1n) is 5.24. The van der Waals surface area contributed by atoms with E-state index in [9.17, 15) is 14.4 Å². The van der Waals surface area contributed by atoms with Gasteiger partial charge in [0, 0.05) is 7.05 Å². The second kappa shape index (κ2) is 6.67. The highest BCUT2D eigenvalue weighted by molar-refractivity contribution is 9.11. The third-order valence-electron chi connectivity index (χ3n) is 2.15. The van der Waals surface area contributed by atoms with Crippen molar-refractivity contribution in [1.82, 2.24) is 4.90 Å². The first kappa shape index (κ1) is 15.6. The fourth-order valence-corrected chi connectivity index (χ4v) is 2.80. The maximum Gasteiger partial charge on any atom is 0.416 e. The van der Waals surface area contributed by atoms with Crippen LogP contribution in [0.3, 0.4) is 0 Å². The standard InChI is InChI=1S/C11H12BrNO5S/c1-4-18-11(16)13(2)9(14)8-6(10(15)17-3)5-7(12)19-8/h5H,4H2,1-3H3. The highest BCUT2D eigenvalue weighted by Crippen LogP contribution is 2.28. The molecule has 1 aromatic heterocycles. The van der Waals surface area contributed by atoms with E-state index in [-0.39, 0.29) is 17.0 Å². The fraction of sp³-hybridized carbons (Fsp3) is 0.364. The van der Waals surface area contributed by atoms with E-state index in [1.807, 2.05) is 0 Å². The van der Waals surface area contributed by atoms with Crippen LogP contribution in [-0.4, -0.2) is 43.6 Å². The van der Waals surface area contributed by atoms with E-state index in [4.69, 9.17) is 4.74 Å². The lowest BCUT2D eigenvalue weighted by Gasteiger charge is -2.14. The van der Waals surface area contributed by atoms with Gasteiger partial charge >= 0.3 is 12.1 Å². The number of hydrogen-bond donors (Lipinski definition) is 0. The molecule has 0 atom stereocenters. The number of carbonyl (C=O) groups excluding carboxylic acids is 3. The van der Waals surface area contributed by atoms with Crippen LogP contribution in [-0.2, 0) is 9.47 Å². The van der Waals surface area contributed by atoms with Gasteiger partial charge in [-0.1, -0.05) is 0 Å². The first-order valence-corrected chi connectivity index (χ1v) is 6.85. The lowest BCUT2D eigenvalue weighted by atomic mass is 10.2. The maximum absolute atomic E-state index is 12.1. The van der Waals surface area contributed by atoms with Gasteiger partial charge in [0.15, 0.2) is 0 Å². The Morgan fingerprint density at radius 2 is 2.05 bits per heavy atom. The Hall–Kier alpha value is -1.41. The molecule has 0 aliphatic rings. The zero-order valence-corrected chi connectivity index (χ0v) is 13.0. The summed E-state index contributed by atoms with van der Waals surface area (Å²) in [7, 11) is 2.51. The van der Waals surface area contributed by atoms with Crippen molar-refractivity contribution in [3.05, 3.63) is 20.3 Å². The predicted molar refractivity (Wildman–Crippen MR) is 72.5 cm³/mol. The zero-order chi connectivity index (χ0) is 14.6. The molecule has 0 bridgehead atoms. The molecule has 0 unspecified atom stereocenters. The summed E-state index contributed by atoms with van der Waals surface area (Å²) in [5.74, 6) is -1.25. The molecule has 0 saturated heterocycles. The van der Waals surface area contributed by atoms with Crippen LogP contribution < -0.4 is 0 Å². The largest absolute Gasteiger partial charge is 0.465 e. The average molecular weight is 350 g/mol. The number of nitrogens with zero attached hydrogens (tertiary/aromatic N) is 1. The molecule has 0 aliphatic carbocycles. The minimum Gasteiger partial charge on any atom is -0.465 e. The van der Waals surface area contributed by atoms with Crippen molar-refractivity contribution in [3.8, 4) is 0 Å². The third kappa shape index (κ3) is 3.54. The van der Waals surface area contributed by atoms with Crippen LogP contribution in [0.1, 0.15) is 27.0 Å². The molecule has 0 saturated carbocycles. The Balaban J connectivity index is 3.06. The summed E-state index contributed by atoms with van der Waals surface area (Å²) in [5.41, 5.74) is 0.112. The highest BCUT2D eigenvalue weighted by atomic mass is 79.9. The van der Waals surface area contributed by atoms with Gasteiger partial charge in [0.05, 0.1) is 23.1 Å². The quantitative estimate of drug-likeness (QED) is 0.784. The number of thiophene rings is 1. The molecule has 0 spiro atoms. The molecule has 0 N–H and O–H groups in total. The second-order valence-electron chi connectivity index (χ2n) is 3.35. The Morgan fingerprint density at radius 3 is 2.58 bits per heavy atom. The normalized spacial score (nSPS) is 9.89. The molecule has 0 aromatic carbocycles. The minimum absolute atomic E-state index is 0.112. The summed E-state index contributed by atoms with van der Waals surface area (Å²) in [6.07, 6.45) is -0.771. The molecule has 8 heteroatoms. The van der Waals surface area contributed by atoms with Gasteiger partial charge in [0.1, 0.15) is 4.88 Å². The SMILES string of the molecule is CCOC(=O)N(C)C(=O)c1sc(Br)cc1C(=O)OC. The Kier molecular flexibility index (Phi) is 5.49. The van der Waals surface area contributed by atoms with Gasteiger partial charge in [0.2, 0.25) is 0 Å². The van der Waals surface area contributed by atoms with Crippen molar-refractivity contribution in [3.63, 3.8) is 0 Å². The summed E-state index contributed by atoms with van der Waals surface area (Å²) < 4.78 is 9.90. The number of imide groups is 1. The number of esters is 1. The van der Waals surface area contributed by atoms with Crippen LogP contribution in [0.4, 0.5) is 4.79 Å². The Labute approximate surface area is 122 Å². The van der Waals surface area contributed by atoms with Crippen LogP contribution in [0.25, 0.3) is 0 Å². The average Bonchev–Trinajstić information content (AvgIpc) is 2.78. The van der Waals surface area contributed by atoms with Crippen LogP contribution in [0.15, 0.2) is 9.85 Å². The number of rotatable bonds is 3. The predicted octanol–water partition coefficient (Wildman–Crippen LogP) is 2.53. The smallest absolute Gasteiger partial charge is 0.416 e. The molecule has 1 heterocycles. The van der Waals surface area contributed by atoms with E-state index >= 15 is 0 Å². The third-order valence-corrected chi connectivity index (χ3v) is 3.77. The summed E-state index contributed by atoms with van der Waals surface area (Å²) >= 11 is 4.24. The number of methoxy groups -OCH3 is 1. The first-order chi connectivity index (χ1) is 8.92. The van der Waals surface area contributed by atoms with Crippen LogP contribution >= 0.6 is 27.3 Å². The maximum atomic E-state index is 12.1. The Bertz CT molecular complexity index is 513. The molecule has 19 heavy (non-hydrogen) atoms. The van der Waals surface area contributed by atoms with Crippen molar-refractivity contribution < 1.29 is 23.9 Å². The highest BCUT2D eigenvalue weighted by Gasteiger charge is 2.27. The lowest BCUT2D eigenvalue weighted by molar-refractivity contribution is 0.0589. The molecular weight excluding hydrogens is 338 g/mol. The van der Waals surface area contributed by atoms with E-state index < -0.39 is 18.0 Å². The van der Waals surface area contributed by atoms with Gasteiger partial charge in [-0.3, -0.25) is 4.79 Å². The monoisotopic (exact) mass is 349 g/mol. The van der Waals surface area contributed by atoms with Crippen molar-refractivity contribution in [2.24, 2.45) is 0 Å². The van der Waals surface area contributed by atoms with Gasteiger partial charge < -0.3 is 9.47 Å². The molecule has 0 aliphatic heterocycles. The summed E-state index contributed by atoms with van der Waals surface area (Å²) in [4.78, 5) is 36.1. The second-order valence-corrected chi connectivity index (χ2v) is 5.78. The van der Waals surface area contributed by atoms with Gasteiger partial charge in [-0.05, 0) is 28.9 Å². The molecule has 0 radical (unpaired) electrons. The number of amides is 2. The molecule has 1 rings (SSSR count). The molecule has 1 aromatic rings. The number of ether oxygens (including phenoxy) is 2. The van der Waals surface area contributed by atoms with E-state index in [0.29, 0.717) is 3.79 Å². The van der Waals surface area contributed by atoms with E-state index in [2.05, 4.69) is 20.7 Å². The topological polar surface area (TPSA) is 72.9 Å². The van der Waals surface area contributed by atoms with Crippen molar-refractivity contribution in [2.75, 3.05) is 20.8 Å². The lowest BCUT2D eigenvalue weighted by Crippen LogP contribution is -2.34. The van der Waals surface area contributed by atoms with Gasteiger partial charge in [-0.25, -0.2) is 14.5 Å². The van der Waals surface area contributed by atoms with Crippen molar-refractivity contribution in [1.29, 1.82) is 0 Å². The van der Waals surface area contributed by atoms with Crippen molar-refractivity contribution in [2.45, 2.75) is 6.92 Å². The molecule has 104 valence electrons. The summed E-state index contributed by atoms with van der Waals surface area (Å²) in [5, 5.41) is 0.